The topological polar surface area (TPSA) is 56.1 Å². The van der Waals surface area contributed by atoms with Gasteiger partial charge in [0.15, 0.2) is 0 Å². The van der Waals surface area contributed by atoms with Gasteiger partial charge in [0, 0.05) is 26.8 Å². The Balaban J connectivity index is 2.49. The van der Waals surface area contributed by atoms with Gasteiger partial charge in [-0.2, -0.15) is 5.10 Å². The predicted molar refractivity (Wildman–Crippen MR) is 66.8 cm³/mol. The summed E-state index contributed by atoms with van der Waals surface area (Å²) in [6.45, 7) is 4.18. The number of nitrogens with zero attached hydrogens (tertiary/aromatic N) is 2. The molecule has 1 heterocycles. The normalized spacial score (nSPS) is 10.4. The average Bonchev–Trinajstić information content (AvgIpc) is 2.28. The Labute approximate surface area is 103 Å². The second-order valence-electron chi connectivity index (χ2n) is 3.28. The zero-order valence-corrected chi connectivity index (χ0v) is 11.1. The maximum absolute atomic E-state index is 11.5. The Bertz CT molecular complexity index is 392. The molecule has 1 aromatic rings. The number of aromatic nitrogens is 2. The quantitative estimate of drug-likeness (QED) is 0.804. The molecule has 0 atom stereocenters. The summed E-state index contributed by atoms with van der Waals surface area (Å²) in [5.41, 5.74) is 0.578. The molecule has 90 valence electrons. The van der Waals surface area contributed by atoms with Crippen LogP contribution in [0.3, 0.4) is 0 Å². The monoisotopic (exact) mass is 289 g/mol. The molecule has 0 bridgehead atoms. The Morgan fingerprint density at radius 1 is 1.62 bits per heavy atom. The van der Waals surface area contributed by atoms with E-state index in [0.717, 1.165) is 31.9 Å². The van der Waals surface area contributed by atoms with Gasteiger partial charge in [0.25, 0.3) is 5.56 Å². The van der Waals surface area contributed by atoms with E-state index in [-0.39, 0.29) is 5.56 Å². The zero-order chi connectivity index (χ0) is 12.0. The minimum absolute atomic E-state index is 0.144. The summed E-state index contributed by atoms with van der Waals surface area (Å²) in [7, 11) is 1.62. The summed E-state index contributed by atoms with van der Waals surface area (Å²) in [6.07, 6.45) is 2.53. The van der Waals surface area contributed by atoms with Crippen LogP contribution in [0.4, 0.5) is 5.69 Å². The van der Waals surface area contributed by atoms with Crippen LogP contribution in [-0.4, -0.2) is 29.5 Å². The first-order valence-corrected chi connectivity index (χ1v) is 5.99. The Kier molecular flexibility index (Phi) is 5.48. The molecule has 0 unspecified atom stereocenters. The lowest BCUT2D eigenvalue weighted by Gasteiger charge is -2.08. The maximum atomic E-state index is 11.5. The Morgan fingerprint density at radius 3 is 3.06 bits per heavy atom. The van der Waals surface area contributed by atoms with Gasteiger partial charge in [0.1, 0.15) is 4.47 Å². The molecule has 0 aliphatic heterocycles. The van der Waals surface area contributed by atoms with E-state index < -0.39 is 0 Å². The lowest BCUT2D eigenvalue weighted by Crippen LogP contribution is -2.21. The molecule has 0 radical (unpaired) electrons. The van der Waals surface area contributed by atoms with Gasteiger partial charge in [0.2, 0.25) is 0 Å². The predicted octanol–water partition coefficient (Wildman–Crippen LogP) is 1.38. The first kappa shape index (κ1) is 13.2. The van der Waals surface area contributed by atoms with Crippen molar-refractivity contribution in [2.75, 3.05) is 25.1 Å². The van der Waals surface area contributed by atoms with E-state index in [4.69, 9.17) is 4.74 Å². The van der Waals surface area contributed by atoms with E-state index in [1.54, 1.807) is 13.2 Å². The lowest BCUT2D eigenvalue weighted by atomic mass is 10.4. The molecular formula is C10H16BrN3O2. The second-order valence-corrected chi connectivity index (χ2v) is 4.07. The number of nitrogens with one attached hydrogen (secondary N) is 1. The van der Waals surface area contributed by atoms with Gasteiger partial charge in [-0.05, 0) is 29.3 Å². The summed E-state index contributed by atoms with van der Waals surface area (Å²) in [5, 5.41) is 7.07. The SMILES string of the molecule is CCOCCCNc1cnn(C)c(=O)c1Br. The van der Waals surface area contributed by atoms with Crippen molar-refractivity contribution < 1.29 is 4.74 Å². The first-order chi connectivity index (χ1) is 7.66. The highest BCUT2D eigenvalue weighted by Crippen LogP contribution is 2.15. The van der Waals surface area contributed by atoms with Gasteiger partial charge in [0.05, 0.1) is 11.9 Å². The standard InChI is InChI=1S/C10H16BrN3O2/c1-3-16-6-4-5-12-8-7-13-14(2)10(15)9(8)11/h7,12H,3-6H2,1-2H3. The summed E-state index contributed by atoms with van der Waals surface area (Å²) < 4.78 is 7.01. The van der Waals surface area contributed by atoms with Crippen molar-refractivity contribution >= 4 is 21.6 Å². The van der Waals surface area contributed by atoms with Crippen molar-refractivity contribution in [2.45, 2.75) is 13.3 Å². The number of hydrogen-bond acceptors (Lipinski definition) is 4. The van der Waals surface area contributed by atoms with Gasteiger partial charge in [-0.3, -0.25) is 4.79 Å². The fourth-order valence-corrected chi connectivity index (χ4v) is 1.67. The third kappa shape index (κ3) is 3.61. The highest BCUT2D eigenvalue weighted by molar-refractivity contribution is 9.10. The fraction of sp³-hybridized carbons (Fsp3) is 0.600. The number of anilines is 1. The number of rotatable bonds is 6. The van der Waals surface area contributed by atoms with E-state index in [1.807, 2.05) is 6.92 Å². The highest BCUT2D eigenvalue weighted by Gasteiger charge is 2.05. The average molecular weight is 290 g/mol. The van der Waals surface area contributed by atoms with Crippen LogP contribution in [0.2, 0.25) is 0 Å². The minimum atomic E-state index is -0.144. The molecule has 1 N–H and O–H groups in total. The molecule has 5 nitrogen and oxygen atoms in total. The molecule has 1 rings (SSSR count). The molecule has 0 aliphatic rings. The summed E-state index contributed by atoms with van der Waals surface area (Å²) >= 11 is 3.25. The zero-order valence-electron chi connectivity index (χ0n) is 9.49. The van der Waals surface area contributed by atoms with Crippen molar-refractivity contribution in [3.05, 3.63) is 21.0 Å². The smallest absolute Gasteiger partial charge is 0.282 e. The Hall–Kier alpha value is -0.880. The molecular weight excluding hydrogens is 274 g/mol. The third-order valence-electron chi connectivity index (χ3n) is 2.06. The van der Waals surface area contributed by atoms with Gasteiger partial charge in [-0.25, -0.2) is 4.68 Å². The second kappa shape index (κ2) is 6.65. The van der Waals surface area contributed by atoms with Gasteiger partial charge >= 0.3 is 0 Å². The maximum Gasteiger partial charge on any atom is 0.282 e. The molecule has 0 saturated carbocycles. The van der Waals surface area contributed by atoms with E-state index in [0.29, 0.717) is 4.47 Å². The summed E-state index contributed by atoms with van der Waals surface area (Å²) in [6, 6.07) is 0. The van der Waals surface area contributed by atoms with Crippen LogP contribution in [0.25, 0.3) is 0 Å². The minimum Gasteiger partial charge on any atom is -0.383 e. The van der Waals surface area contributed by atoms with Crippen molar-refractivity contribution in [1.29, 1.82) is 0 Å². The fourth-order valence-electron chi connectivity index (χ4n) is 1.18. The molecule has 0 spiro atoms. The van der Waals surface area contributed by atoms with E-state index in [1.165, 1.54) is 4.68 Å². The van der Waals surface area contributed by atoms with Gasteiger partial charge < -0.3 is 10.1 Å². The number of hydrogen-bond donors (Lipinski definition) is 1. The van der Waals surface area contributed by atoms with Crippen molar-refractivity contribution in [3.63, 3.8) is 0 Å². The molecule has 0 amide bonds. The van der Waals surface area contributed by atoms with Crippen LogP contribution in [0.5, 0.6) is 0 Å². The van der Waals surface area contributed by atoms with E-state index in [9.17, 15) is 4.79 Å². The van der Waals surface area contributed by atoms with Crippen LogP contribution in [0.15, 0.2) is 15.5 Å². The lowest BCUT2D eigenvalue weighted by molar-refractivity contribution is 0.147. The molecule has 6 heteroatoms. The number of ether oxygens (including phenoxy) is 1. The summed E-state index contributed by atoms with van der Waals surface area (Å²) in [4.78, 5) is 11.5. The molecule has 0 saturated heterocycles. The van der Waals surface area contributed by atoms with Crippen LogP contribution >= 0.6 is 15.9 Å². The van der Waals surface area contributed by atoms with Crippen molar-refractivity contribution in [3.8, 4) is 0 Å². The largest absolute Gasteiger partial charge is 0.383 e. The number of aryl methyl sites for hydroxylation is 1. The third-order valence-corrected chi connectivity index (χ3v) is 2.83. The van der Waals surface area contributed by atoms with Crippen LogP contribution in [-0.2, 0) is 11.8 Å². The number of halogens is 1. The Morgan fingerprint density at radius 2 is 2.38 bits per heavy atom. The molecule has 0 aromatic carbocycles. The van der Waals surface area contributed by atoms with E-state index >= 15 is 0 Å². The van der Waals surface area contributed by atoms with Crippen LogP contribution < -0.4 is 10.9 Å². The van der Waals surface area contributed by atoms with Crippen LogP contribution in [0.1, 0.15) is 13.3 Å². The molecule has 1 aromatic heterocycles. The van der Waals surface area contributed by atoms with Gasteiger partial charge in [-0.1, -0.05) is 0 Å². The van der Waals surface area contributed by atoms with Crippen LogP contribution in [0, 0.1) is 0 Å². The molecule has 16 heavy (non-hydrogen) atoms. The summed E-state index contributed by atoms with van der Waals surface area (Å²) in [5.74, 6) is 0. The first-order valence-electron chi connectivity index (χ1n) is 5.20. The van der Waals surface area contributed by atoms with Gasteiger partial charge in [-0.15, -0.1) is 0 Å². The highest BCUT2D eigenvalue weighted by atomic mass is 79.9. The van der Waals surface area contributed by atoms with E-state index in [2.05, 4.69) is 26.3 Å². The van der Waals surface area contributed by atoms with Crippen molar-refractivity contribution in [2.24, 2.45) is 7.05 Å². The van der Waals surface area contributed by atoms with Crippen molar-refractivity contribution in [1.82, 2.24) is 9.78 Å². The molecule has 0 fully saturated rings. The molecule has 0 aliphatic carbocycles.